The summed E-state index contributed by atoms with van der Waals surface area (Å²) in [5, 5.41) is 3.48. The van der Waals surface area contributed by atoms with E-state index in [0.717, 1.165) is 21.9 Å². The zero-order valence-electron chi connectivity index (χ0n) is 14.8. The Morgan fingerprint density at radius 2 is 2.12 bits per heavy atom. The first kappa shape index (κ1) is 19.3. The van der Waals surface area contributed by atoms with E-state index in [4.69, 9.17) is 11.6 Å². The lowest BCUT2D eigenvalue weighted by molar-refractivity contribution is -0.123. The van der Waals surface area contributed by atoms with Crippen molar-refractivity contribution in [2.75, 3.05) is 17.2 Å². The molecular weight excluding hydrogens is 388 g/mol. The van der Waals surface area contributed by atoms with Gasteiger partial charge in [-0.05, 0) is 30.0 Å². The normalized spacial score (nSPS) is 13.8. The molecule has 0 spiro atoms. The lowest BCUT2D eigenvalue weighted by Crippen LogP contribution is -2.42. The Balaban J connectivity index is 1.67. The van der Waals surface area contributed by atoms with E-state index in [1.807, 2.05) is 18.2 Å². The average Bonchev–Trinajstić information content (AvgIpc) is 2.99. The molecule has 1 aliphatic heterocycles. The summed E-state index contributed by atoms with van der Waals surface area (Å²) < 4.78 is 1.12. The SMILES string of the molecule is CC(C)Cc1cc2c(s1)SCC(=O)N2CC(=O)NCc1ccccc1Cl. The van der Waals surface area contributed by atoms with Crippen LogP contribution in [0, 0.1) is 5.92 Å². The number of carbonyl (C=O) groups excluding carboxylic acids is 2. The third kappa shape index (κ3) is 4.61. The summed E-state index contributed by atoms with van der Waals surface area (Å²) in [4.78, 5) is 27.6. The van der Waals surface area contributed by atoms with Crippen molar-refractivity contribution in [2.24, 2.45) is 5.92 Å². The van der Waals surface area contributed by atoms with Gasteiger partial charge in [-0.25, -0.2) is 0 Å². The molecular formula is C19H21ClN2O2S2. The van der Waals surface area contributed by atoms with E-state index in [2.05, 4.69) is 25.2 Å². The van der Waals surface area contributed by atoms with Gasteiger partial charge in [-0.15, -0.1) is 23.1 Å². The Morgan fingerprint density at radius 1 is 1.35 bits per heavy atom. The van der Waals surface area contributed by atoms with Gasteiger partial charge in [0.2, 0.25) is 11.8 Å². The van der Waals surface area contributed by atoms with Gasteiger partial charge in [0.1, 0.15) is 6.54 Å². The Kier molecular flexibility index (Phi) is 6.27. The monoisotopic (exact) mass is 408 g/mol. The van der Waals surface area contributed by atoms with Crippen LogP contribution >= 0.6 is 34.7 Å². The molecule has 26 heavy (non-hydrogen) atoms. The molecule has 1 aromatic heterocycles. The molecule has 0 unspecified atom stereocenters. The number of hydrogen-bond donors (Lipinski definition) is 1. The maximum atomic E-state index is 12.4. The van der Waals surface area contributed by atoms with Gasteiger partial charge in [-0.2, -0.15) is 0 Å². The quantitative estimate of drug-likeness (QED) is 0.772. The van der Waals surface area contributed by atoms with E-state index < -0.39 is 0 Å². The average molecular weight is 409 g/mol. The van der Waals surface area contributed by atoms with Crippen LogP contribution in [0.3, 0.4) is 0 Å². The number of thioether (sulfide) groups is 1. The van der Waals surface area contributed by atoms with Gasteiger partial charge < -0.3 is 10.2 Å². The summed E-state index contributed by atoms with van der Waals surface area (Å²) in [7, 11) is 0. The topological polar surface area (TPSA) is 49.4 Å². The Hall–Kier alpha value is -1.50. The molecule has 0 saturated heterocycles. The number of halogens is 1. The Bertz CT molecular complexity index is 820. The summed E-state index contributed by atoms with van der Waals surface area (Å²) in [5.74, 6) is 0.729. The minimum Gasteiger partial charge on any atom is -0.350 e. The lowest BCUT2D eigenvalue weighted by Gasteiger charge is -2.26. The summed E-state index contributed by atoms with van der Waals surface area (Å²) >= 11 is 9.41. The van der Waals surface area contributed by atoms with Crippen LogP contribution in [0.2, 0.25) is 5.02 Å². The smallest absolute Gasteiger partial charge is 0.240 e. The second-order valence-electron chi connectivity index (χ2n) is 6.62. The van der Waals surface area contributed by atoms with Gasteiger partial charge in [0.25, 0.3) is 0 Å². The number of hydrogen-bond acceptors (Lipinski definition) is 4. The number of fused-ring (bicyclic) bond motifs is 1. The molecule has 0 bridgehead atoms. The van der Waals surface area contributed by atoms with Crippen LogP contribution in [-0.2, 0) is 22.6 Å². The number of carbonyl (C=O) groups is 2. The molecule has 0 atom stereocenters. The maximum absolute atomic E-state index is 12.4. The van der Waals surface area contributed by atoms with Crippen molar-refractivity contribution < 1.29 is 9.59 Å². The molecule has 138 valence electrons. The minimum atomic E-state index is -0.187. The van der Waals surface area contributed by atoms with Crippen LogP contribution in [-0.4, -0.2) is 24.1 Å². The molecule has 1 N–H and O–H groups in total. The first-order valence-corrected chi connectivity index (χ1v) is 10.7. The highest BCUT2D eigenvalue weighted by molar-refractivity contribution is 8.02. The number of anilines is 1. The number of benzene rings is 1. The van der Waals surface area contributed by atoms with Crippen molar-refractivity contribution >= 4 is 52.2 Å². The molecule has 7 heteroatoms. The van der Waals surface area contributed by atoms with Crippen molar-refractivity contribution in [3.8, 4) is 0 Å². The number of nitrogens with one attached hydrogen (secondary N) is 1. The highest BCUT2D eigenvalue weighted by Crippen LogP contribution is 2.42. The fourth-order valence-corrected chi connectivity index (χ4v) is 5.52. The molecule has 4 nitrogen and oxygen atoms in total. The number of thiophene rings is 1. The largest absolute Gasteiger partial charge is 0.350 e. The molecule has 0 fully saturated rings. The molecule has 2 amide bonds. The fourth-order valence-electron chi connectivity index (χ4n) is 2.75. The van der Waals surface area contributed by atoms with Gasteiger partial charge in [0, 0.05) is 16.4 Å². The van der Waals surface area contributed by atoms with Crippen LogP contribution < -0.4 is 10.2 Å². The van der Waals surface area contributed by atoms with E-state index in [1.54, 1.807) is 34.1 Å². The van der Waals surface area contributed by atoms with Crippen LogP contribution in [0.1, 0.15) is 24.3 Å². The molecule has 2 heterocycles. The van der Waals surface area contributed by atoms with E-state index in [-0.39, 0.29) is 18.4 Å². The Labute approximate surface area is 166 Å². The first-order valence-electron chi connectivity index (χ1n) is 8.50. The van der Waals surface area contributed by atoms with Crippen LogP contribution in [0.4, 0.5) is 5.69 Å². The van der Waals surface area contributed by atoms with E-state index >= 15 is 0 Å². The minimum absolute atomic E-state index is 0.0238. The van der Waals surface area contributed by atoms with E-state index in [9.17, 15) is 9.59 Å². The van der Waals surface area contributed by atoms with Gasteiger partial charge in [-0.3, -0.25) is 9.59 Å². The van der Waals surface area contributed by atoms with E-state index in [0.29, 0.717) is 23.2 Å². The fraction of sp³-hybridized carbons (Fsp3) is 0.368. The summed E-state index contributed by atoms with van der Waals surface area (Å²) in [6, 6.07) is 9.46. The molecule has 0 radical (unpaired) electrons. The zero-order chi connectivity index (χ0) is 18.7. The van der Waals surface area contributed by atoms with Crippen LogP contribution in [0.5, 0.6) is 0 Å². The second-order valence-corrected chi connectivity index (χ2v) is 9.41. The maximum Gasteiger partial charge on any atom is 0.240 e. The second kappa shape index (κ2) is 8.46. The predicted molar refractivity (Wildman–Crippen MR) is 109 cm³/mol. The molecule has 0 saturated carbocycles. The van der Waals surface area contributed by atoms with Crippen molar-refractivity contribution in [1.29, 1.82) is 0 Å². The zero-order valence-corrected chi connectivity index (χ0v) is 17.1. The molecule has 3 rings (SSSR count). The molecule has 1 aromatic carbocycles. The van der Waals surface area contributed by atoms with Crippen molar-refractivity contribution in [2.45, 2.75) is 31.0 Å². The number of rotatable bonds is 6. The standard InChI is InChI=1S/C19H21ClN2O2S2/c1-12(2)7-14-8-16-19(26-14)25-11-18(24)22(16)10-17(23)21-9-13-5-3-4-6-15(13)20/h3-6,8,12H,7,9-11H2,1-2H3,(H,21,23). The van der Waals surface area contributed by atoms with Crippen molar-refractivity contribution in [1.82, 2.24) is 5.32 Å². The lowest BCUT2D eigenvalue weighted by atomic mass is 10.1. The van der Waals surface area contributed by atoms with Gasteiger partial charge >= 0.3 is 0 Å². The van der Waals surface area contributed by atoms with Crippen molar-refractivity contribution in [3.63, 3.8) is 0 Å². The van der Waals surface area contributed by atoms with Gasteiger partial charge in [0.15, 0.2) is 0 Å². The summed E-state index contributed by atoms with van der Waals surface area (Å²) in [6.45, 7) is 4.74. The van der Waals surface area contributed by atoms with Crippen LogP contribution in [0.25, 0.3) is 0 Å². The highest BCUT2D eigenvalue weighted by Gasteiger charge is 2.28. The number of amides is 2. The molecule has 0 aliphatic carbocycles. The number of nitrogens with zero attached hydrogens (tertiary/aromatic N) is 1. The molecule has 1 aliphatic rings. The first-order chi connectivity index (χ1) is 12.4. The van der Waals surface area contributed by atoms with E-state index in [1.165, 1.54) is 4.88 Å². The highest BCUT2D eigenvalue weighted by atomic mass is 35.5. The third-order valence-corrected chi connectivity index (χ3v) is 6.77. The van der Waals surface area contributed by atoms with Crippen LogP contribution in [0.15, 0.2) is 34.5 Å². The van der Waals surface area contributed by atoms with Gasteiger partial charge in [-0.1, -0.05) is 43.6 Å². The third-order valence-electron chi connectivity index (χ3n) is 3.99. The molecule has 2 aromatic rings. The van der Waals surface area contributed by atoms with Gasteiger partial charge in [0.05, 0.1) is 15.6 Å². The van der Waals surface area contributed by atoms with Crippen molar-refractivity contribution in [3.05, 3.63) is 45.8 Å². The summed E-state index contributed by atoms with van der Waals surface area (Å²) in [5.41, 5.74) is 1.73. The predicted octanol–water partition coefficient (Wildman–Crippen LogP) is 4.36. The Morgan fingerprint density at radius 3 is 2.85 bits per heavy atom. The summed E-state index contributed by atoms with van der Waals surface area (Å²) in [6.07, 6.45) is 0.985.